The summed E-state index contributed by atoms with van der Waals surface area (Å²) >= 11 is 0. The van der Waals surface area contributed by atoms with Crippen molar-refractivity contribution in [2.45, 2.75) is 24.5 Å². The second kappa shape index (κ2) is 8.72. The fourth-order valence-electron chi connectivity index (χ4n) is 2.33. The molecule has 10 N–H and O–H groups in total. The monoisotopic (exact) mass is 498 g/mol. The maximum atomic E-state index is 11.7. The van der Waals surface area contributed by atoms with Crippen molar-refractivity contribution >= 4 is 35.2 Å². The van der Waals surface area contributed by atoms with Crippen LogP contribution in [0.3, 0.4) is 0 Å². The number of ether oxygens (including phenoxy) is 1. The van der Waals surface area contributed by atoms with Crippen LogP contribution in [0.15, 0.2) is 6.33 Å². The third-order valence-corrected chi connectivity index (χ3v) is 7.30. The SMILES string of the molecule is NC(=O)c1ncn([C@@H]2O[C@H](COP(=O)(O)OP(=O)(O)OP(=O)(O)O)[C@H](O)[C@H]2O)c1N. The summed E-state index contributed by atoms with van der Waals surface area (Å²) < 4.78 is 51.1. The summed E-state index contributed by atoms with van der Waals surface area (Å²) in [5, 5.41) is 20.1. The Morgan fingerprint density at radius 1 is 1.13 bits per heavy atom. The Kier molecular flexibility index (Phi) is 7.28. The minimum Gasteiger partial charge on any atom is -0.387 e. The van der Waals surface area contributed by atoms with Crippen LogP contribution in [0.5, 0.6) is 0 Å². The lowest BCUT2D eigenvalue weighted by atomic mass is 10.1. The summed E-state index contributed by atoms with van der Waals surface area (Å²) in [6, 6.07) is 0. The Labute approximate surface area is 166 Å². The fraction of sp³-hybridized carbons (Fsp3) is 0.556. The van der Waals surface area contributed by atoms with Gasteiger partial charge in [0.1, 0.15) is 24.1 Å². The molecular weight excluding hydrogens is 481 g/mol. The van der Waals surface area contributed by atoms with Gasteiger partial charge in [-0.1, -0.05) is 0 Å². The summed E-state index contributed by atoms with van der Waals surface area (Å²) in [4.78, 5) is 50.2. The van der Waals surface area contributed by atoms with Crippen LogP contribution in [0.4, 0.5) is 5.82 Å². The smallest absolute Gasteiger partial charge is 0.387 e. The molecule has 0 aliphatic carbocycles. The maximum absolute atomic E-state index is 11.7. The minimum atomic E-state index is -5.72. The number of hydrogen-bond donors (Lipinski definition) is 8. The van der Waals surface area contributed by atoms with Gasteiger partial charge in [-0.05, 0) is 0 Å². The number of aliphatic hydroxyl groups is 2. The highest BCUT2D eigenvalue weighted by Gasteiger charge is 2.47. The molecule has 1 amide bonds. The molecule has 1 aromatic rings. The van der Waals surface area contributed by atoms with Gasteiger partial charge in [0, 0.05) is 0 Å². The Morgan fingerprint density at radius 3 is 2.23 bits per heavy atom. The molecule has 2 rings (SSSR count). The molecule has 1 aromatic heterocycles. The molecule has 0 radical (unpaired) electrons. The van der Waals surface area contributed by atoms with Gasteiger partial charge in [0.05, 0.1) is 12.9 Å². The van der Waals surface area contributed by atoms with Crippen molar-refractivity contribution in [3.8, 4) is 0 Å². The van der Waals surface area contributed by atoms with Gasteiger partial charge in [-0.2, -0.15) is 8.62 Å². The van der Waals surface area contributed by atoms with E-state index in [-0.39, 0.29) is 11.5 Å². The number of anilines is 1. The largest absolute Gasteiger partial charge is 0.490 e. The van der Waals surface area contributed by atoms with E-state index in [4.69, 9.17) is 30.9 Å². The van der Waals surface area contributed by atoms with Gasteiger partial charge < -0.3 is 46.0 Å². The Morgan fingerprint density at radius 2 is 1.73 bits per heavy atom. The van der Waals surface area contributed by atoms with E-state index in [2.05, 4.69) is 18.1 Å². The zero-order valence-corrected chi connectivity index (χ0v) is 17.1. The average Bonchev–Trinajstić information content (AvgIpc) is 3.03. The zero-order chi connectivity index (χ0) is 23.1. The number of aliphatic hydroxyl groups excluding tert-OH is 2. The van der Waals surface area contributed by atoms with E-state index >= 15 is 0 Å². The molecule has 18 nitrogen and oxygen atoms in total. The molecule has 1 fully saturated rings. The van der Waals surface area contributed by atoms with Crippen LogP contribution in [0.25, 0.3) is 0 Å². The van der Waals surface area contributed by atoms with Crippen molar-refractivity contribution in [3.63, 3.8) is 0 Å². The number of carbonyl (C=O) groups is 1. The number of primary amides is 1. The van der Waals surface area contributed by atoms with Crippen LogP contribution in [0.2, 0.25) is 0 Å². The summed E-state index contributed by atoms with van der Waals surface area (Å²) in [7, 11) is -16.8. The number of carbonyl (C=O) groups excluding carboxylic acids is 1. The van der Waals surface area contributed by atoms with Crippen LogP contribution in [0, 0.1) is 0 Å². The molecule has 0 spiro atoms. The van der Waals surface area contributed by atoms with Crippen molar-refractivity contribution in [1.82, 2.24) is 9.55 Å². The topological polar surface area (TPSA) is 296 Å². The van der Waals surface area contributed by atoms with Gasteiger partial charge in [0.2, 0.25) is 0 Å². The number of nitrogens with two attached hydrogens (primary N) is 2. The van der Waals surface area contributed by atoms with Crippen LogP contribution in [-0.2, 0) is 31.6 Å². The van der Waals surface area contributed by atoms with Crippen LogP contribution in [-0.4, -0.2) is 70.2 Å². The molecule has 0 aromatic carbocycles. The van der Waals surface area contributed by atoms with E-state index in [0.29, 0.717) is 0 Å². The van der Waals surface area contributed by atoms with Gasteiger partial charge in [-0.15, -0.1) is 0 Å². The molecule has 172 valence electrons. The first kappa shape index (κ1) is 25.0. The van der Waals surface area contributed by atoms with Crippen molar-refractivity contribution in [2.24, 2.45) is 5.73 Å². The van der Waals surface area contributed by atoms with Crippen molar-refractivity contribution in [1.29, 1.82) is 0 Å². The van der Waals surface area contributed by atoms with Crippen molar-refractivity contribution in [3.05, 3.63) is 12.0 Å². The van der Waals surface area contributed by atoms with Gasteiger partial charge in [0.25, 0.3) is 5.91 Å². The van der Waals surface area contributed by atoms with E-state index in [9.17, 15) is 33.6 Å². The summed E-state index contributed by atoms with van der Waals surface area (Å²) in [6.07, 6.45) is -5.44. The van der Waals surface area contributed by atoms with Crippen LogP contribution < -0.4 is 11.5 Å². The quantitative estimate of drug-likeness (QED) is 0.164. The third-order valence-electron chi connectivity index (χ3n) is 3.49. The van der Waals surface area contributed by atoms with Gasteiger partial charge in [-0.3, -0.25) is 13.9 Å². The van der Waals surface area contributed by atoms with E-state index in [1.54, 1.807) is 0 Å². The highest BCUT2D eigenvalue weighted by atomic mass is 31.3. The second-order valence-corrected chi connectivity index (χ2v) is 10.1. The molecule has 30 heavy (non-hydrogen) atoms. The predicted octanol–water partition coefficient (Wildman–Crippen LogP) is -2.47. The summed E-state index contributed by atoms with van der Waals surface area (Å²) in [5.74, 6) is -1.30. The Hall–Kier alpha value is -1.23. The minimum absolute atomic E-state index is 0.313. The molecule has 0 saturated carbocycles. The summed E-state index contributed by atoms with van der Waals surface area (Å²) in [5.41, 5.74) is 10.4. The normalized spacial score (nSPS) is 28.7. The summed E-state index contributed by atoms with van der Waals surface area (Å²) in [6.45, 7) is -1.02. The third kappa shape index (κ3) is 6.15. The Bertz CT molecular complexity index is 945. The van der Waals surface area contributed by atoms with Crippen molar-refractivity contribution < 1.29 is 66.2 Å². The molecule has 21 heteroatoms. The maximum Gasteiger partial charge on any atom is 0.490 e. The lowest BCUT2D eigenvalue weighted by molar-refractivity contribution is -0.0510. The van der Waals surface area contributed by atoms with Crippen LogP contribution in [0.1, 0.15) is 16.7 Å². The van der Waals surface area contributed by atoms with Crippen LogP contribution >= 0.6 is 23.5 Å². The molecule has 2 unspecified atom stereocenters. The molecular formula is C9H17N4O14P3. The number of nitrogen functional groups attached to an aromatic ring is 1. The number of hydrogen-bond acceptors (Lipinski definition) is 12. The van der Waals surface area contributed by atoms with E-state index in [0.717, 1.165) is 10.9 Å². The lowest BCUT2D eigenvalue weighted by Crippen LogP contribution is -2.33. The first-order valence-electron chi connectivity index (χ1n) is 7.45. The number of imidazole rings is 1. The lowest BCUT2D eigenvalue weighted by Gasteiger charge is -2.19. The molecule has 1 aliphatic rings. The predicted molar refractivity (Wildman–Crippen MR) is 90.9 cm³/mol. The zero-order valence-electron chi connectivity index (χ0n) is 14.4. The van der Waals surface area contributed by atoms with E-state index in [1.165, 1.54) is 0 Å². The highest BCUT2D eigenvalue weighted by Crippen LogP contribution is 2.66. The first-order valence-corrected chi connectivity index (χ1v) is 12.0. The number of amides is 1. The van der Waals surface area contributed by atoms with Gasteiger partial charge in [0.15, 0.2) is 11.9 Å². The van der Waals surface area contributed by atoms with E-state index < -0.39 is 60.5 Å². The fourth-order valence-corrected chi connectivity index (χ4v) is 5.36. The average molecular weight is 498 g/mol. The number of nitrogens with zero attached hydrogens (tertiary/aromatic N) is 2. The van der Waals surface area contributed by atoms with Crippen molar-refractivity contribution in [2.75, 3.05) is 12.3 Å². The number of phosphoric acid groups is 3. The molecule has 6 atom stereocenters. The van der Waals surface area contributed by atoms with Gasteiger partial charge >= 0.3 is 23.5 Å². The number of aromatic nitrogens is 2. The molecule has 2 heterocycles. The number of rotatable bonds is 9. The molecule has 1 saturated heterocycles. The molecule has 1 aliphatic heterocycles. The van der Waals surface area contributed by atoms with Gasteiger partial charge in [-0.25, -0.2) is 18.7 Å². The molecule has 0 bridgehead atoms. The first-order chi connectivity index (χ1) is 13.5. The second-order valence-electron chi connectivity index (χ2n) is 5.68. The van der Waals surface area contributed by atoms with E-state index in [1.807, 2.05) is 0 Å². The Balaban J connectivity index is 2.06. The number of phosphoric ester groups is 1. The standard InChI is InChI=1S/C9H17N4O14P3/c10-7-4(8(11)16)12-2-13(7)9-6(15)5(14)3(25-9)1-24-29(20,21)27-30(22,23)26-28(17,18)19/h2-3,5-6,9,14-15H,1,10H2,(H2,11,16)(H,20,21)(H,22,23)(H2,17,18,19)/t3-,5+,6-,9-/m1/s1. The highest BCUT2D eigenvalue weighted by molar-refractivity contribution is 7.66.